The molecule has 0 aliphatic carbocycles. The van der Waals surface area contributed by atoms with Crippen molar-refractivity contribution in [3.05, 3.63) is 101 Å². The highest BCUT2D eigenvalue weighted by atomic mass is 14.9. The van der Waals surface area contributed by atoms with Crippen LogP contribution in [-0.2, 0) is 7.05 Å². The molecule has 0 saturated heterocycles. The summed E-state index contributed by atoms with van der Waals surface area (Å²) in [5, 5.41) is 0. The first-order valence-corrected chi connectivity index (χ1v) is 10.6. The minimum absolute atomic E-state index is 1.24. The van der Waals surface area contributed by atoms with Crippen molar-refractivity contribution >= 4 is 0 Å². The summed E-state index contributed by atoms with van der Waals surface area (Å²) in [6.45, 7) is 11.0. The number of aromatic nitrogens is 1. The van der Waals surface area contributed by atoms with Crippen molar-refractivity contribution in [1.29, 1.82) is 0 Å². The van der Waals surface area contributed by atoms with Crippen LogP contribution in [0.4, 0.5) is 0 Å². The molecule has 0 N–H and O–H groups in total. The normalized spacial score (nSPS) is 11.0. The molecule has 30 heavy (non-hydrogen) atoms. The molecule has 1 heteroatoms. The smallest absolute Gasteiger partial charge is 0.201 e. The molecule has 0 amide bonds. The molecular formula is C29H30N+. The van der Waals surface area contributed by atoms with Crippen molar-refractivity contribution in [2.75, 3.05) is 0 Å². The maximum absolute atomic E-state index is 2.37. The van der Waals surface area contributed by atoms with E-state index < -0.39 is 0 Å². The van der Waals surface area contributed by atoms with E-state index in [1.807, 2.05) is 0 Å². The third-order valence-corrected chi connectivity index (χ3v) is 6.04. The van der Waals surface area contributed by atoms with E-state index in [0.29, 0.717) is 0 Å². The molecule has 150 valence electrons. The highest BCUT2D eigenvalue weighted by Gasteiger charge is 2.19. The molecule has 1 aromatic heterocycles. The zero-order chi connectivity index (χ0) is 21.4. The van der Waals surface area contributed by atoms with Gasteiger partial charge >= 0.3 is 0 Å². The second-order valence-electron chi connectivity index (χ2n) is 8.54. The van der Waals surface area contributed by atoms with E-state index >= 15 is 0 Å². The van der Waals surface area contributed by atoms with Crippen molar-refractivity contribution in [1.82, 2.24) is 0 Å². The summed E-state index contributed by atoms with van der Waals surface area (Å²) < 4.78 is 2.26. The topological polar surface area (TPSA) is 3.88 Å². The summed E-state index contributed by atoms with van der Waals surface area (Å²) in [6, 6.07) is 24.3. The predicted octanol–water partition coefficient (Wildman–Crippen LogP) is 7.05. The van der Waals surface area contributed by atoms with Gasteiger partial charge in [-0.2, -0.15) is 0 Å². The molecule has 3 aromatic carbocycles. The number of nitrogens with zero attached hydrogens (tertiary/aromatic N) is 1. The minimum Gasteiger partial charge on any atom is -0.201 e. The second kappa shape index (κ2) is 7.91. The van der Waals surface area contributed by atoms with Gasteiger partial charge in [0.2, 0.25) is 5.69 Å². The Kier molecular flexibility index (Phi) is 5.30. The van der Waals surface area contributed by atoms with Crippen LogP contribution in [-0.4, -0.2) is 0 Å². The van der Waals surface area contributed by atoms with E-state index in [1.165, 1.54) is 61.3 Å². The van der Waals surface area contributed by atoms with Crippen LogP contribution < -0.4 is 4.57 Å². The lowest BCUT2D eigenvalue weighted by Gasteiger charge is -2.15. The third kappa shape index (κ3) is 3.68. The number of pyridine rings is 1. The van der Waals surface area contributed by atoms with Gasteiger partial charge in [0.1, 0.15) is 7.05 Å². The van der Waals surface area contributed by atoms with Crippen LogP contribution in [0.25, 0.3) is 33.5 Å². The van der Waals surface area contributed by atoms with Gasteiger partial charge in [0.15, 0.2) is 6.20 Å². The van der Waals surface area contributed by atoms with Gasteiger partial charge in [0.05, 0.1) is 0 Å². The monoisotopic (exact) mass is 392 g/mol. The maximum Gasteiger partial charge on any atom is 0.213 e. The van der Waals surface area contributed by atoms with Crippen LogP contribution >= 0.6 is 0 Å². The fraction of sp³-hybridized carbons (Fsp3) is 0.207. The summed E-state index contributed by atoms with van der Waals surface area (Å²) in [5.41, 5.74) is 14.3. The molecule has 0 atom stereocenters. The zero-order valence-corrected chi connectivity index (χ0v) is 18.9. The average Bonchev–Trinajstić information content (AvgIpc) is 2.70. The van der Waals surface area contributed by atoms with Crippen LogP contribution in [0.3, 0.4) is 0 Å². The van der Waals surface area contributed by atoms with Crippen LogP contribution in [0, 0.1) is 34.6 Å². The highest BCUT2D eigenvalue weighted by molar-refractivity contribution is 5.79. The third-order valence-electron chi connectivity index (χ3n) is 6.04. The number of hydrogen-bond acceptors (Lipinski definition) is 0. The molecule has 4 aromatic rings. The number of aryl methyl sites for hydroxylation is 6. The first-order valence-electron chi connectivity index (χ1n) is 10.6. The summed E-state index contributed by atoms with van der Waals surface area (Å²) >= 11 is 0. The Morgan fingerprint density at radius 3 is 1.90 bits per heavy atom. The molecule has 0 bridgehead atoms. The van der Waals surface area contributed by atoms with Gasteiger partial charge in [-0.3, -0.25) is 0 Å². The molecular weight excluding hydrogens is 362 g/mol. The van der Waals surface area contributed by atoms with Crippen LogP contribution in [0.2, 0.25) is 0 Å². The highest BCUT2D eigenvalue weighted by Crippen LogP contribution is 2.34. The minimum atomic E-state index is 1.24. The summed E-state index contributed by atoms with van der Waals surface area (Å²) in [5.74, 6) is 0. The number of hydrogen-bond donors (Lipinski definition) is 0. The Balaban J connectivity index is 1.93. The molecule has 4 rings (SSSR count). The van der Waals surface area contributed by atoms with Crippen molar-refractivity contribution in [2.24, 2.45) is 7.05 Å². The number of benzene rings is 3. The zero-order valence-electron chi connectivity index (χ0n) is 18.9. The van der Waals surface area contributed by atoms with Crippen molar-refractivity contribution in [3.63, 3.8) is 0 Å². The van der Waals surface area contributed by atoms with E-state index in [4.69, 9.17) is 0 Å². The average molecular weight is 393 g/mol. The van der Waals surface area contributed by atoms with E-state index in [-0.39, 0.29) is 0 Å². The molecule has 0 saturated carbocycles. The van der Waals surface area contributed by atoms with Crippen LogP contribution in [0.5, 0.6) is 0 Å². The predicted molar refractivity (Wildman–Crippen MR) is 128 cm³/mol. The van der Waals surface area contributed by atoms with Gasteiger partial charge in [-0.25, -0.2) is 4.57 Å². The van der Waals surface area contributed by atoms with Crippen molar-refractivity contribution < 1.29 is 4.57 Å². The Bertz CT molecular complexity index is 1210. The quantitative estimate of drug-likeness (QED) is 0.329. The molecule has 0 fully saturated rings. The van der Waals surface area contributed by atoms with Gasteiger partial charge in [-0.15, -0.1) is 0 Å². The first kappa shape index (κ1) is 20.1. The van der Waals surface area contributed by atoms with E-state index in [9.17, 15) is 0 Å². The first-order chi connectivity index (χ1) is 14.3. The molecule has 0 aliphatic rings. The van der Waals surface area contributed by atoms with Crippen molar-refractivity contribution in [3.8, 4) is 33.5 Å². The lowest BCUT2D eigenvalue weighted by Crippen LogP contribution is -2.31. The van der Waals surface area contributed by atoms with Crippen molar-refractivity contribution in [2.45, 2.75) is 34.6 Å². The largest absolute Gasteiger partial charge is 0.213 e. The standard InChI is InChI=1S/C29H30N/c1-19-14-21(3)29(22(4)15-19)27-17-28(30(6)18-23(27)5)26-16-25(13-12-20(26)2)24-10-8-7-9-11-24/h7-18H,1-6H3/q+1. The maximum atomic E-state index is 2.37. The van der Waals surface area contributed by atoms with Gasteiger partial charge < -0.3 is 0 Å². The second-order valence-corrected chi connectivity index (χ2v) is 8.54. The molecule has 0 spiro atoms. The van der Waals surface area contributed by atoms with Crippen LogP contribution in [0.1, 0.15) is 27.8 Å². The lowest BCUT2D eigenvalue weighted by atomic mass is 9.90. The Morgan fingerprint density at radius 2 is 1.23 bits per heavy atom. The Labute approximate surface area is 180 Å². The molecule has 1 heterocycles. The molecule has 1 nitrogen and oxygen atoms in total. The SMILES string of the molecule is Cc1cc(C)c(-c2cc(-c3cc(-c4ccccc4)ccc3C)[n+](C)cc2C)c(C)c1. The van der Waals surface area contributed by atoms with E-state index in [0.717, 1.165) is 0 Å². The Hall–Kier alpha value is -3.19. The van der Waals surface area contributed by atoms with Crippen LogP contribution in [0.15, 0.2) is 72.9 Å². The summed E-state index contributed by atoms with van der Waals surface area (Å²) in [6.07, 6.45) is 2.26. The van der Waals surface area contributed by atoms with Gasteiger partial charge in [0, 0.05) is 17.2 Å². The van der Waals surface area contributed by atoms with Gasteiger partial charge in [-0.05, 0) is 79.6 Å². The molecule has 0 radical (unpaired) electrons. The summed E-state index contributed by atoms with van der Waals surface area (Å²) in [4.78, 5) is 0. The fourth-order valence-electron chi connectivity index (χ4n) is 4.63. The van der Waals surface area contributed by atoms with Gasteiger partial charge in [0.25, 0.3) is 0 Å². The Morgan fingerprint density at radius 1 is 0.567 bits per heavy atom. The fourth-order valence-corrected chi connectivity index (χ4v) is 4.63. The lowest BCUT2D eigenvalue weighted by molar-refractivity contribution is -0.660. The number of rotatable bonds is 3. The van der Waals surface area contributed by atoms with E-state index in [1.54, 1.807) is 0 Å². The molecule has 0 aliphatic heterocycles. The van der Waals surface area contributed by atoms with Gasteiger partial charge in [-0.1, -0.05) is 60.2 Å². The summed E-state index contributed by atoms with van der Waals surface area (Å²) in [7, 11) is 2.15. The van der Waals surface area contributed by atoms with E-state index in [2.05, 4.69) is 119 Å². The molecule has 0 unspecified atom stereocenters.